The maximum atomic E-state index is 9.38. The first-order valence-electron chi connectivity index (χ1n) is 3.65. The van der Waals surface area contributed by atoms with E-state index in [-0.39, 0.29) is 0 Å². The Morgan fingerprint density at radius 2 is 1.73 bits per heavy atom. The fraction of sp³-hybridized carbons (Fsp3) is 0.556. The van der Waals surface area contributed by atoms with Crippen LogP contribution in [0.5, 0.6) is 0 Å². The maximum absolute atomic E-state index is 9.38. The van der Waals surface area contributed by atoms with Crippen LogP contribution in [0.15, 0.2) is 23.8 Å². The van der Waals surface area contributed by atoms with Crippen LogP contribution in [-0.2, 0) is 0 Å². The lowest BCUT2D eigenvalue weighted by molar-refractivity contribution is 0.0660. The van der Waals surface area contributed by atoms with Gasteiger partial charge >= 0.3 is 0 Å². The number of hydrogen-bond acceptors (Lipinski definition) is 2. The Balaban J connectivity index is 4.24. The van der Waals surface area contributed by atoms with Crippen molar-refractivity contribution in [3.8, 4) is 0 Å². The van der Waals surface area contributed by atoms with Crippen LogP contribution in [0.4, 0.5) is 0 Å². The van der Waals surface area contributed by atoms with Crippen LogP contribution in [-0.4, -0.2) is 22.4 Å². The molecule has 0 amide bonds. The summed E-state index contributed by atoms with van der Waals surface area (Å²) >= 11 is 0. The molecule has 0 heterocycles. The molecule has 0 aliphatic rings. The van der Waals surface area contributed by atoms with E-state index in [9.17, 15) is 10.2 Å². The Bertz CT molecular complexity index is 170. The highest BCUT2D eigenvalue weighted by Crippen LogP contribution is 2.11. The average Bonchev–Trinajstić information content (AvgIpc) is 2.00. The summed E-state index contributed by atoms with van der Waals surface area (Å²) in [5.41, 5.74) is 1.35. The molecule has 2 atom stereocenters. The van der Waals surface area contributed by atoms with Gasteiger partial charge in [-0.3, -0.25) is 0 Å². The number of aliphatic hydroxyl groups is 2. The lowest BCUT2D eigenvalue weighted by atomic mass is 10.0. The molecule has 0 aromatic carbocycles. The zero-order valence-corrected chi connectivity index (χ0v) is 7.33. The van der Waals surface area contributed by atoms with E-state index in [0.29, 0.717) is 5.57 Å². The minimum Gasteiger partial charge on any atom is -0.386 e. The molecule has 0 spiro atoms. The molecule has 2 heteroatoms. The highest BCUT2D eigenvalue weighted by Gasteiger charge is 2.17. The van der Waals surface area contributed by atoms with Gasteiger partial charge in [0.1, 0.15) is 12.2 Å². The lowest BCUT2D eigenvalue weighted by Gasteiger charge is -2.18. The molecule has 0 bridgehead atoms. The SMILES string of the molecule is C=C(C)C(O)C(O)C(C)=CC. The van der Waals surface area contributed by atoms with E-state index in [1.54, 1.807) is 19.9 Å². The van der Waals surface area contributed by atoms with E-state index in [2.05, 4.69) is 6.58 Å². The van der Waals surface area contributed by atoms with Crippen molar-refractivity contribution in [2.24, 2.45) is 0 Å². The summed E-state index contributed by atoms with van der Waals surface area (Å²) in [6.07, 6.45) is 0.125. The summed E-state index contributed by atoms with van der Waals surface area (Å²) in [7, 11) is 0. The van der Waals surface area contributed by atoms with E-state index >= 15 is 0 Å². The minimum absolute atomic E-state index is 0.582. The van der Waals surface area contributed by atoms with Crippen LogP contribution < -0.4 is 0 Å². The summed E-state index contributed by atoms with van der Waals surface area (Å²) in [5.74, 6) is 0. The van der Waals surface area contributed by atoms with Crippen molar-refractivity contribution in [3.63, 3.8) is 0 Å². The van der Waals surface area contributed by atoms with E-state index in [4.69, 9.17) is 0 Å². The predicted molar refractivity (Wildman–Crippen MR) is 46.3 cm³/mol. The average molecular weight is 156 g/mol. The van der Waals surface area contributed by atoms with Gasteiger partial charge in [-0.1, -0.05) is 12.7 Å². The molecule has 2 nitrogen and oxygen atoms in total. The second-order valence-corrected chi connectivity index (χ2v) is 2.77. The van der Waals surface area contributed by atoms with Crippen LogP contribution in [0.3, 0.4) is 0 Å². The number of aliphatic hydroxyl groups excluding tert-OH is 2. The molecule has 0 aliphatic heterocycles. The first-order chi connectivity index (χ1) is 5.00. The third-order valence-electron chi connectivity index (χ3n) is 1.73. The van der Waals surface area contributed by atoms with Gasteiger partial charge < -0.3 is 10.2 Å². The predicted octanol–water partition coefficient (Wildman–Crippen LogP) is 1.25. The molecular weight excluding hydrogens is 140 g/mol. The van der Waals surface area contributed by atoms with Gasteiger partial charge in [-0.05, 0) is 31.9 Å². The van der Waals surface area contributed by atoms with Gasteiger partial charge in [-0.2, -0.15) is 0 Å². The second-order valence-electron chi connectivity index (χ2n) is 2.77. The first-order valence-corrected chi connectivity index (χ1v) is 3.65. The Hall–Kier alpha value is -0.600. The third kappa shape index (κ3) is 2.87. The van der Waals surface area contributed by atoms with E-state index < -0.39 is 12.2 Å². The summed E-state index contributed by atoms with van der Waals surface area (Å²) in [4.78, 5) is 0. The zero-order valence-electron chi connectivity index (χ0n) is 7.33. The molecule has 0 aliphatic carbocycles. The normalized spacial score (nSPS) is 17.7. The maximum Gasteiger partial charge on any atom is 0.104 e. The van der Waals surface area contributed by atoms with Gasteiger partial charge in [0.15, 0.2) is 0 Å². The van der Waals surface area contributed by atoms with Gasteiger partial charge in [-0.15, -0.1) is 0 Å². The number of allylic oxidation sites excluding steroid dienone is 1. The summed E-state index contributed by atoms with van der Waals surface area (Å²) in [5, 5.41) is 18.7. The number of rotatable bonds is 3. The van der Waals surface area contributed by atoms with Gasteiger partial charge in [0.05, 0.1) is 0 Å². The largest absolute Gasteiger partial charge is 0.386 e. The molecule has 0 aromatic heterocycles. The Morgan fingerprint density at radius 3 is 2.00 bits per heavy atom. The fourth-order valence-corrected chi connectivity index (χ4v) is 0.689. The summed E-state index contributed by atoms with van der Waals surface area (Å²) in [6.45, 7) is 8.84. The van der Waals surface area contributed by atoms with E-state index in [0.717, 1.165) is 5.57 Å². The van der Waals surface area contributed by atoms with Crippen molar-refractivity contribution in [3.05, 3.63) is 23.8 Å². The van der Waals surface area contributed by atoms with Gasteiger partial charge in [0.25, 0.3) is 0 Å². The van der Waals surface area contributed by atoms with Crippen LogP contribution in [0.1, 0.15) is 20.8 Å². The molecule has 0 fully saturated rings. The summed E-state index contributed by atoms with van der Waals surface area (Å²) < 4.78 is 0. The highest BCUT2D eigenvalue weighted by atomic mass is 16.3. The molecule has 0 saturated carbocycles. The molecule has 0 saturated heterocycles. The Labute approximate surface area is 67.9 Å². The van der Waals surface area contributed by atoms with E-state index in [1.807, 2.05) is 6.92 Å². The molecule has 64 valence electrons. The third-order valence-corrected chi connectivity index (χ3v) is 1.73. The van der Waals surface area contributed by atoms with Crippen LogP contribution >= 0.6 is 0 Å². The molecular formula is C9H16O2. The first kappa shape index (κ1) is 10.4. The topological polar surface area (TPSA) is 40.5 Å². The lowest BCUT2D eigenvalue weighted by Crippen LogP contribution is -2.27. The summed E-state index contributed by atoms with van der Waals surface area (Å²) in [6, 6.07) is 0. The van der Waals surface area contributed by atoms with Crippen molar-refractivity contribution >= 4 is 0 Å². The van der Waals surface area contributed by atoms with Crippen LogP contribution in [0.2, 0.25) is 0 Å². The molecule has 0 aromatic rings. The smallest absolute Gasteiger partial charge is 0.104 e. The second kappa shape index (κ2) is 4.31. The van der Waals surface area contributed by atoms with Crippen molar-refractivity contribution in [1.82, 2.24) is 0 Å². The van der Waals surface area contributed by atoms with E-state index in [1.165, 1.54) is 0 Å². The fourth-order valence-electron chi connectivity index (χ4n) is 0.689. The highest BCUT2D eigenvalue weighted by molar-refractivity contribution is 5.13. The standard InChI is InChI=1S/C9H16O2/c1-5-7(4)9(11)8(10)6(2)3/h5,8-11H,2H2,1,3-4H3. The number of hydrogen-bond donors (Lipinski definition) is 2. The minimum atomic E-state index is -0.841. The van der Waals surface area contributed by atoms with Crippen LogP contribution in [0.25, 0.3) is 0 Å². The van der Waals surface area contributed by atoms with Gasteiger partial charge in [0, 0.05) is 0 Å². The zero-order chi connectivity index (χ0) is 9.02. The molecule has 0 radical (unpaired) electrons. The Kier molecular flexibility index (Phi) is 4.08. The molecule has 0 rings (SSSR count). The van der Waals surface area contributed by atoms with Crippen molar-refractivity contribution in [2.75, 3.05) is 0 Å². The van der Waals surface area contributed by atoms with Gasteiger partial charge in [0.2, 0.25) is 0 Å². The Morgan fingerprint density at radius 1 is 1.27 bits per heavy atom. The van der Waals surface area contributed by atoms with Gasteiger partial charge in [-0.25, -0.2) is 0 Å². The monoisotopic (exact) mass is 156 g/mol. The molecule has 2 unspecified atom stereocenters. The van der Waals surface area contributed by atoms with Crippen LogP contribution in [0, 0.1) is 0 Å². The molecule has 2 N–H and O–H groups in total. The van der Waals surface area contributed by atoms with Crippen molar-refractivity contribution in [1.29, 1.82) is 0 Å². The molecule has 11 heavy (non-hydrogen) atoms. The quantitative estimate of drug-likeness (QED) is 0.604. The van der Waals surface area contributed by atoms with Crippen molar-refractivity contribution in [2.45, 2.75) is 33.0 Å². The van der Waals surface area contributed by atoms with Crippen molar-refractivity contribution < 1.29 is 10.2 Å².